The van der Waals surface area contributed by atoms with E-state index in [4.69, 9.17) is 18.3 Å². The maximum Gasteiger partial charge on any atom is 0.192 e. The summed E-state index contributed by atoms with van der Waals surface area (Å²) in [4.78, 5) is 3.34. The fourth-order valence-electron chi connectivity index (χ4n) is 4.15. The summed E-state index contributed by atoms with van der Waals surface area (Å²) in [6.45, 7) is 23.0. The van der Waals surface area contributed by atoms with Gasteiger partial charge in [-0.05, 0) is 76.9 Å². The second kappa shape index (κ2) is 11.7. The molecule has 6 nitrogen and oxygen atoms in total. The van der Waals surface area contributed by atoms with Crippen LogP contribution in [-0.2, 0) is 24.7 Å². The Morgan fingerprint density at radius 3 is 2.14 bits per heavy atom. The van der Waals surface area contributed by atoms with Gasteiger partial charge in [-0.25, -0.2) is 0 Å². The van der Waals surface area contributed by atoms with Crippen LogP contribution in [-0.4, -0.2) is 62.0 Å². The van der Waals surface area contributed by atoms with Crippen molar-refractivity contribution in [1.29, 1.82) is 0 Å². The van der Waals surface area contributed by atoms with Crippen molar-refractivity contribution in [2.24, 2.45) is 0 Å². The number of hydrogen-bond donors (Lipinski definition) is 2. The van der Waals surface area contributed by atoms with Gasteiger partial charge in [-0.15, -0.1) is 0 Å². The minimum Gasteiger partial charge on any atom is -0.411 e. The number of rotatable bonds is 9. The molecule has 1 unspecified atom stereocenters. The highest BCUT2D eigenvalue weighted by Gasteiger charge is 2.50. The van der Waals surface area contributed by atoms with E-state index in [1.165, 1.54) is 10.9 Å². The van der Waals surface area contributed by atoms with Gasteiger partial charge in [0.05, 0.1) is 18.8 Å². The number of benzene rings is 1. The number of aromatic nitrogens is 1. The van der Waals surface area contributed by atoms with Crippen LogP contribution in [0.5, 0.6) is 0 Å². The Balaban J connectivity index is 1.81. The molecule has 0 saturated carbocycles. The second-order valence-electron chi connectivity index (χ2n) is 13.4. The van der Waals surface area contributed by atoms with Gasteiger partial charge in [-0.2, -0.15) is 0 Å². The highest BCUT2D eigenvalue weighted by atomic mass is 127. The highest BCUT2D eigenvalue weighted by Crippen LogP contribution is 2.43. The van der Waals surface area contributed by atoms with Gasteiger partial charge in [0.1, 0.15) is 10.2 Å². The lowest BCUT2D eigenvalue weighted by Crippen LogP contribution is -2.59. The fraction of sp³-hybridized carbons (Fsp3) is 0.714. The van der Waals surface area contributed by atoms with Crippen molar-refractivity contribution in [3.8, 4) is 0 Å². The Hall–Kier alpha value is -0.276. The molecule has 1 saturated heterocycles. The average Bonchev–Trinajstić information content (AvgIpc) is 3.16. The third kappa shape index (κ3) is 7.48. The molecule has 2 N–H and O–H groups in total. The van der Waals surface area contributed by atoms with Gasteiger partial charge in [0.25, 0.3) is 0 Å². The van der Waals surface area contributed by atoms with Crippen molar-refractivity contribution in [2.45, 2.75) is 119 Å². The van der Waals surface area contributed by atoms with Crippen LogP contribution >= 0.6 is 22.6 Å². The maximum absolute atomic E-state index is 10.7. The molecule has 2 heterocycles. The number of aliphatic hydroxyl groups excluding tert-OH is 1. The van der Waals surface area contributed by atoms with Crippen molar-refractivity contribution < 1.29 is 23.4 Å². The molecular formula is C28H48INO5Si2. The minimum atomic E-state index is -2.11. The normalized spacial score (nSPS) is 25.0. The van der Waals surface area contributed by atoms with E-state index in [1.54, 1.807) is 0 Å². The molecular weight excluding hydrogens is 613 g/mol. The summed E-state index contributed by atoms with van der Waals surface area (Å²) in [6.07, 6.45) is 1.90. The molecule has 37 heavy (non-hydrogen) atoms. The monoisotopic (exact) mass is 661 g/mol. The topological polar surface area (TPSA) is 72.9 Å². The van der Waals surface area contributed by atoms with E-state index in [2.05, 4.69) is 97.1 Å². The quantitative estimate of drug-likeness (QED) is 0.167. The van der Waals surface area contributed by atoms with Crippen LogP contribution in [0.4, 0.5) is 0 Å². The third-order valence-electron chi connectivity index (χ3n) is 8.53. The zero-order valence-electron chi connectivity index (χ0n) is 24.4. The first-order valence-corrected chi connectivity index (χ1v) is 20.5. The maximum atomic E-state index is 10.7. The molecule has 9 heteroatoms. The number of hydrogen-bond acceptors (Lipinski definition) is 5. The molecule has 3 rings (SSSR count). The van der Waals surface area contributed by atoms with Gasteiger partial charge >= 0.3 is 0 Å². The van der Waals surface area contributed by atoms with Crippen LogP contribution in [0.15, 0.2) is 30.5 Å². The standard InChI is InChI=1S/C28H48INO5Si2/c1-27(2,3)36(7,8)34-22-17-23(35-37(9,10)28(4,5)6)26(33-24(22)25(29)31)32-16-15-19-18-30-21-14-12-11-13-20(19)21/h11-14,18,22-26,30-31H,15-17H2,1-10H3/t22-,23+,24-,25?,26+/m0/s1. The lowest BCUT2D eigenvalue weighted by atomic mass is 10.0. The number of ether oxygens (including phenoxy) is 2. The number of nitrogens with one attached hydrogen (secondary N) is 1. The molecule has 210 valence electrons. The van der Waals surface area contributed by atoms with E-state index in [9.17, 15) is 5.11 Å². The number of aromatic amines is 1. The molecule has 5 atom stereocenters. The van der Waals surface area contributed by atoms with E-state index in [1.807, 2.05) is 28.7 Å². The molecule has 0 bridgehead atoms. The molecule has 1 aliphatic heterocycles. The zero-order valence-corrected chi connectivity index (χ0v) is 28.5. The first-order chi connectivity index (χ1) is 16.9. The Labute approximate surface area is 239 Å². The molecule has 1 aromatic carbocycles. The predicted octanol–water partition coefficient (Wildman–Crippen LogP) is 7.38. The van der Waals surface area contributed by atoms with Crippen LogP contribution in [0.3, 0.4) is 0 Å². The highest BCUT2D eigenvalue weighted by molar-refractivity contribution is 14.1. The zero-order chi connectivity index (χ0) is 27.8. The van der Waals surface area contributed by atoms with Gasteiger partial charge in [0.15, 0.2) is 22.9 Å². The molecule has 1 fully saturated rings. The summed E-state index contributed by atoms with van der Waals surface area (Å²) >= 11 is 2.04. The van der Waals surface area contributed by atoms with Crippen LogP contribution < -0.4 is 0 Å². The Bertz CT molecular complexity index is 1030. The molecule has 1 aliphatic rings. The van der Waals surface area contributed by atoms with Gasteiger partial charge < -0.3 is 28.4 Å². The van der Waals surface area contributed by atoms with E-state index in [-0.39, 0.29) is 22.3 Å². The van der Waals surface area contributed by atoms with Gasteiger partial charge in [0, 0.05) is 23.5 Å². The number of H-pyrrole nitrogens is 1. The largest absolute Gasteiger partial charge is 0.411 e. The van der Waals surface area contributed by atoms with Crippen LogP contribution in [0.2, 0.25) is 36.3 Å². The predicted molar refractivity (Wildman–Crippen MR) is 165 cm³/mol. The molecule has 0 radical (unpaired) electrons. The van der Waals surface area contributed by atoms with E-state index in [0.717, 1.165) is 11.9 Å². The van der Waals surface area contributed by atoms with Crippen LogP contribution in [0.1, 0.15) is 53.5 Å². The van der Waals surface area contributed by atoms with Gasteiger partial charge in [-0.1, -0.05) is 59.7 Å². The minimum absolute atomic E-state index is 0.0518. The first kappa shape index (κ1) is 31.3. The summed E-state index contributed by atoms with van der Waals surface area (Å²) in [6, 6.07) is 8.31. The van der Waals surface area contributed by atoms with Crippen LogP contribution in [0.25, 0.3) is 10.9 Å². The summed E-state index contributed by atoms with van der Waals surface area (Å²) in [5.41, 5.74) is 2.35. The summed E-state index contributed by atoms with van der Waals surface area (Å²) in [7, 11) is -4.21. The molecule has 0 spiro atoms. The number of halogens is 1. The van der Waals surface area contributed by atoms with E-state index in [0.29, 0.717) is 13.0 Å². The molecule has 0 aliphatic carbocycles. The van der Waals surface area contributed by atoms with Crippen molar-refractivity contribution >= 4 is 50.1 Å². The number of aliphatic hydroxyl groups is 1. The van der Waals surface area contributed by atoms with Crippen molar-refractivity contribution in [2.75, 3.05) is 6.61 Å². The van der Waals surface area contributed by atoms with E-state index >= 15 is 0 Å². The first-order valence-electron chi connectivity index (χ1n) is 13.4. The number of fused-ring (bicyclic) bond motifs is 1. The van der Waals surface area contributed by atoms with E-state index < -0.39 is 33.1 Å². The van der Waals surface area contributed by atoms with Crippen molar-refractivity contribution in [3.05, 3.63) is 36.0 Å². The van der Waals surface area contributed by atoms with Gasteiger partial charge in [0.2, 0.25) is 0 Å². The summed E-state index contributed by atoms with van der Waals surface area (Å²) < 4.78 is 25.9. The second-order valence-corrected chi connectivity index (χ2v) is 24.2. The van der Waals surface area contributed by atoms with Gasteiger partial charge in [-0.3, -0.25) is 0 Å². The molecule has 0 amide bonds. The molecule has 2 aromatic rings. The molecule has 1 aromatic heterocycles. The van der Waals surface area contributed by atoms with Crippen LogP contribution in [0, 0.1) is 0 Å². The Kier molecular flexibility index (Phi) is 9.87. The van der Waals surface area contributed by atoms with Crippen molar-refractivity contribution in [3.63, 3.8) is 0 Å². The summed E-state index contributed by atoms with van der Waals surface area (Å²) in [5, 5.41) is 12.0. The Morgan fingerprint density at radius 2 is 1.57 bits per heavy atom. The lowest BCUT2D eigenvalue weighted by Gasteiger charge is -2.49. The van der Waals surface area contributed by atoms with Crippen molar-refractivity contribution in [1.82, 2.24) is 4.98 Å². The smallest absolute Gasteiger partial charge is 0.192 e. The fourth-order valence-corrected chi connectivity index (χ4v) is 7.44. The average molecular weight is 662 g/mol. The number of para-hydroxylation sites is 1. The SMILES string of the molecule is CC(C)(C)[Si](C)(C)O[C@H]1C[C@@H](O[Si](C)(C)C(C)(C)C)[C@H](OCCc2c[nH]c3ccccc23)O[C@@H]1C(O)I. The summed E-state index contributed by atoms with van der Waals surface area (Å²) in [5.74, 6) is 0. The number of alkyl halides is 1. The lowest BCUT2D eigenvalue weighted by molar-refractivity contribution is -0.266. The third-order valence-corrected chi connectivity index (χ3v) is 18.2. The Morgan fingerprint density at radius 1 is 1.00 bits per heavy atom.